The van der Waals surface area contributed by atoms with Gasteiger partial charge in [-0.25, -0.2) is 4.39 Å². The van der Waals surface area contributed by atoms with Gasteiger partial charge in [0.1, 0.15) is 5.82 Å². The highest BCUT2D eigenvalue weighted by Gasteiger charge is 2.31. The largest absolute Gasteiger partial charge is 0.388 e. The van der Waals surface area contributed by atoms with Crippen LogP contribution in [0, 0.1) is 5.82 Å². The van der Waals surface area contributed by atoms with Crippen LogP contribution in [0.15, 0.2) is 18.2 Å². The average molecular weight is 230 g/mol. The van der Waals surface area contributed by atoms with Crippen molar-refractivity contribution < 1.29 is 9.50 Å². The van der Waals surface area contributed by atoms with Gasteiger partial charge in [0.2, 0.25) is 0 Å². The summed E-state index contributed by atoms with van der Waals surface area (Å²) in [6.07, 6.45) is 1.17. The number of hydrogen-bond acceptors (Lipinski definition) is 2. The SMILES string of the molecule is OC1(Cc2ccc(Cl)c(F)c2)CCNC1. The minimum absolute atomic E-state index is 0.121. The van der Waals surface area contributed by atoms with Crippen LogP contribution in [0.2, 0.25) is 5.02 Å². The third kappa shape index (κ3) is 2.48. The van der Waals surface area contributed by atoms with E-state index in [0.29, 0.717) is 19.4 Å². The standard InChI is InChI=1S/C11H13ClFNO/c12-9-2-1-8(5-10(9)13)6-11(15)3-4-14-7-11/h1-2,5,14-15H,3-4,6-7H2. The van der Waals surface area contributed by atoms with E-state index in [1.54, 1.807) is 6.07 Å². The predicted octanol–water partition coefficient (Wildman–Crippen LogP) is 1.75. The molecule has 1 fully saturated rings. The highest BCUT2D eigenvalue weighted by molar-refractivity contribution is 6.30. The van der Waals surface area contributed by atoms with Crippen molar-refractivity contribution in [2.45, 2.75) is 18.4 Å². The van der Waals surface area contributed by atoms with Crippen LogP contribution < -0.4 is 5.32 Å². The molecule has 1 aromatic carbocycles. The molecule has 1 saturated heterocycles. The smallest absolute Gasteiger partial charge is 0.142 e. The van der Waals surface area contributed by atoms with Crippen LogP contribution in [0.5, 0.6) is 0 Å². The van der Waals surface area contributed by atoms with Gasteiger partial charge in [-0.15, -0.1) is 0 Å². The molecule has 2 N–H and O–H groups in total. The van der Waals surface area contributed by atoms with Gasteiger partial charge in [-0.1, -0.05) is 17.7 Å². The third-order valence-corrected chi connectivity index (χ3v) is 3.04. The fraction of sp³-hybridized carbons (Fsp3) is 0.455. The Morgan fingerprint density at radius 1 is 1.53 bits per heavy atom. The van der Waals surface area contributed by atoms with Gasteiger partial charge < -0.3 is 10.4 Å². The first-order valence-corrected chi connectivity index (χ1v) is 5.34. The minimum atomic E-state index is -0.736. The van der Waals surface area contributed by atoms with Crippen molar-refractivity contribution in [2.24, 2.45) is 0 Å². The monoisotopic (exact) mass is 229 g/mol. The minimum Gasteiger partial charge on any atom is -0.388 e. The lowest BCUT2D eigenvalue weighted by Gasteiger charge is -2.21. The number of aliphatic hydroxyl groups is 1. The zero-order valence-corrected chi connectivity index (χ0v) is 9.02. The molecule has 1 aliphatic rings. The molecule has 0 saturated carbocycles. The van der Waals surface area contributed by atoms with Crippen molar-refractivity contribution in [1.82, 2.24) is 5.32 Å². The topological polar surface area (TPSA) is 32.3 Å². The van der Waals surface area contributed by atoms with Crippen molar-refractivity contribution in [3.8, 4) is 0 Å². The number of β-amino-alcohol motifs (C(OH)–C–C–N with tert-alkyl or cyclic N) is 1. The van der Waals surface area contributed by atoms with Crippen LogP contribution in [0.25, 0.3) is 0 Å². The number of hydrogen-bond donors (Lipinski definition) is 2. The first kappa shape index (κ1) is 10.9. The maximum atomic E-state index is 13.1. The summed E-state index contributed by atoms with van der Waals surface area (Å²) < 4.78 is 13.1. The molecule has 0 bridgehead atoms. The molecule has 0 amide bonds. The molecule has 1 heterocycles. The van der Waals surface area contributed by atoms with E-state index in [2.05, 4.69) is 5.32 Å². The summed E-state index contributed by atoms with van der Waals surface area (Å²) in [6.45, 7) is 1.38. The molecule has 1 aliphatic heterocycles. The normalized spacial score (nSPS) is 25.8. The lowest BCUT2D eigenvalue weighted by Crippen LogP contribution is -2.33. The first-order valence-electron chi connectivity index (χ1n) is 4.96. The highest BCUT2D eigenvalue weighted by atomic mass is 35.5. The molecular formula is C11H13ClFNO. The van der Waals surface area contributed by atoms with Gasteiger partial charge in [-0.3, -0.25) is 0 Å². The molecule has 2 rings (SSSR count). The number of halogens is 2. The fourth-order valence-electron chi connectivity index (χ4n) is 1.91. The van der Waals surface area contributed by atoms with Gasteiger partial charge in [0.15, 0.2) is 0 Å². The van der Waals surface area contributed by atoms with Crippen molar-refractivity contribution in [1.29, 1.82) is 0 Å². The van der Waals surface area contributed by atoms with E-state index in [1.807, 2.05) is 0 Å². The molecule has 2 nitrogen and oxygen atoms in total. The van der Waals surface area contributed by atoms with Crippen LogP contribution >= 0.6 is 11.6 Å². The Morgan fingerprint density at radius 2 is 2.33 bits per heavy atom. The van der Waals surface area contributed by atoms with Crippen LogP contribution in [0.3, 0.4) is 0 Å². The molecular weight excluding hydrogens is 217 g/mol. The van der Waals surface area contributed by atoms with Gasteiger partial charge in [0.25, 0.3) is 0 Å². The van der Waals surface area contributed by atoms with Crippen LogP contribution in [-0.4, -0.2) is 23.8 Å². The fourth-order valence-corrected chi connectivity index (χ4v) is 2.03. The van der Waals surface area contributed by atoms with Crippen molar-refractivity contribution in [3.05, 3.63) is 34.6 Å². The molecule has 15 heavy (non-hydrogen) atoms. The third-order valence-electron chi connectivity index (χ3n) is 2.74. The Hall–Kier alpha value is -0.640. The van der Waals surface area contributed by atoms with E-state index in [0.717, 1.165) is 12.1 Å². The van der Waals surface area contributed by atoms with Crippen LogP contribution in [-0.2, 0) is 6.42 Å². The molecule has 0 radical (unpaired) electrons. The summed E-state index contributed by atoms with van der Waals surface area (Å²) in [5, 5.41) is 13.3. The maximum Gasteiger partial charge on any atom is 0.142 e. The van der Waals surface area contributed by atoms with Gasteiger partial charge in [0.05, 0.1) is 10.6 Å². The summed E-state index contributed by atoms with van der Waals surface area (Å²) >= 11 is 5.58. The van der Waals surface area contributed by atoms with Gasteiger partial charge in [-0.05, 0) is 30.7 Å². The van der Waals surface area contributed by atoms with Gasteiger partial charge in [-0.2, -0.15) is 0 Å². The second kappa shape index (κ2) is 4.08. The van der Waals surface area contributed by atoms with Crippen LogP contribution in [0.4, 0.5) is 4.39 Å². The highest BCUT2D eigenvalue weighted by Crippen LogP contribution is 2.23. The molecule has 1 unspecified atom stereocenters. The maximum absolute atomic E-state index is 13.1. The molecule has 0 spiro atoms. The van der Waals surface area contributed by atoms with E-state index in [-0.39, 0.29) is 5.02 Å². The van der Waals surface area contributed by atoms with Gasteiger partial charge >= 0.3 is 0 Å². The molecule has 4 heteroatoms. The first-order chi connectivity index (χ1) is 7.09. The number of rotatable bonds is 2. The predicted molar refractivity (Wildman–Crippen MR) is 57.6 cm³/mol. The van der Waals surface area contributed by atoms with Crippen molar-refractivity contribution in [2.75, 3.05) is 13.1 Å². The molecule has 0 aliphatic carbocycles. The lowest BCUT2D eigenvalue weighted by molar-refractivity contribution is 0.0618. The average Bonchev–Trinajstić information content (AvgIpc) is 2.59. The summed E-state index contributed by atoms with van der Waals surface area (Å²) in [7, 11) is 0. The second-order valence-electron chi connectivity index (χ2n) is 4.08. The number of benzene rings is 1. The Kier molecular flexibility index (Phi) is 2.96. The Bertz CT molecular complexity index is 364. The molecule has 0 aromatic heterocycles. The molecule has 82 valence electrons. The summed E-state index contributed by atoms with van der Waals surface area (Å²) in [6, 6.07) is 4.66. The Balaban J connectivity index is 2.13. The Labute approximate surface area is 93.1 Å². The zero-order valence-electron chi connectivity index (χ0n) is 8.26. The molecule has 1 aromatic rings. The zero-order chi connectivity index (χ0) is 10.9. The van der Waals surface area contributed by atoms with Gasteiger partial charge in [0, 0.05) is 13.0 Å². The van der Waals surface area contributed by atoms with E-state index < -0.39 is 11.4 Å². The van der Waals surface area contributed by atoms with E-state index in [9.17, 15) is 9.50 Å². The van der Waals surface area contributed by atoms with Crippen molar-refractivity contribution >= 4 is 11.6 Å². The van der Waals surface area contributed by atoms with E-state index in [1.165, 1.54) is 12.1 Å². The Morgan fingerprint density at radius 3 is 2.93 bits per heavy atom. The quantitative estimate of drug-likeness (QED) is 0.810. The summed E-state index contributed by atoms with van der Waals surface area (Å²) in [5.41, 5.74) is 0.0448. The second-order valence-corrected chi connectivity index (χ2v) is 4.48. The van der Waals surface area contributed by atoms with Crippen LogP contribution in [0.1, 0.15) is 12.0 Å². The molecule has 1 atom stereocenters. The lowest BCUT2D eigenvalue weighted by atomic mass is 9.94. The summed E-state index contributed by atoms with van der Waals surface area (Å²) in [5.74, 6) is -0.427. The van der Waals surface area contributed by atoms with E-state index in [4.69, 9.17) is 11.6 Å². The summed E-state index contributed by atoms with van der Waals surface area (Å²) in [4.78, 5) is 0. The van der Waals surface area contributed by atoms with Crippen molar-refractivity contribution in [3.63, 3.8) is 0 Å². The van der Waals surface area contributed by atoms with E-state index >= 15 is 0 Å². The number of nitrogens with one attached hydrogen (secondary N) is 1.